The van der Waals surface area contributed by atoms with E-state index in [0.717, 1.165) is 4.57 Å². The van der Waals surface area contributed by atoms with Gasteiger partial charge in [-0.05, 0) is 51.4 Å². The summed E-state index contributed by atoms with van der Waals surface area (Å²) in [5.74, 6) is -0.641. The average Bonchev–Trinajstić information content (AvgIpc) is 3.09. The molecular formula is C22H29N6O9P. The minimum atomic E-state index is -4.46. The Morgan fingerprint density at radius 3 is 2.61 bits per heavy atom. The average molecular weight is 552 g/mol. The highest BCUT2D eigenvalue weighted by Gasteiger charge is 2.56. The Balaban J connectivity index is 1.90. The fraction of sp³-hybridized carbons (Fsp3) is 0.500. The van der Waals surface area contributed by atoms with Gasteiger partial charge in [0.25, 0.3) is 0 Å². The van der Waals surface area contributed by atoms with Crippen molar-refractivity contribution >= 4 is 13.7 Å². The number of esters is 1. The third kappa shape index (κ3) is 6.77. The number of nitrogens with one attached hydrogen (secondary N) is 1. The number of hydrogen-bond donors (Lipinski definition) is 3. The maximum Gasteiger partial charge on any atom is 0.459 e. The first kappa shape index (κ1) is 29.3. The van der Waals surface area contributed by atoms with Crippen LogP contribution < -0.4 is 15.3 Å². The molecule has 206 valence electrons. The van der Waals surface area contributed by atoms with Crippen LogP contribution in [0.2, 0.25) is 0 Å². The van der Waals surface area contributed by atoms with E-state index in [2.05, 4.69) is 20.1 Å². The van der Waals surface area contributed by atoms with Crippen LogP contribution in [-0.2, 0) is 23.4 Å². The third-order valence-corrected chi connectivity index (χ3v) is 6.95. The van der Waals surface area contributed by atoms with E-state index in [-0.39, 0.29) is 5.75 Å². The normalized spacial score (nSPS) is 25.3. The highest BCUT2D eigenvalue weighted by molar-refractivity contribution is 7.52. The first-order valence-corrected chi connectivity index (χ1v) is 13.1. The van der Waals surface area contributed by atoms with Gasteiger partial charge in [0.05, 0.1) is 12.7 Å². The number of benzene rings is 1. The number of para-hydroxylation sites is 1. The number of carbonyl (C=O) groups is 1. The molecular weight excluding hydrogens is 523 g/mol. The highest BCUT2D eigenvalue weighted by Crippen LogP contribution is 2.48. The predicted octanol–water partition coefficient (Wildman–Crippen LogP) is 1.94. The summed E-state index contributed by atoms with van der Waals surface area (Å²) in [6.45, 7) is 5.32. The summed E-state index contributed by atoms with van der Waals surface area (Å²) in [7, 11) is -4.46. The second-order valence-electron chi connectivity index (χ2n) is 8.75. The van der Waals surface area contributed by atoms with E-state index in [1.54, 1.807) is 39.0 Å². The number of azide groups is 1. The van der Waals surface area contributed by atoms with Crippen LogP contribution in [0.15, 0.2) is 52.5 Å². The van der Waals surface area contributed by atoms with Gasteiger partial charge in [-0.1, -0.05) is 23.3 Å². The lowest BCUT2D eigenvalue weighted by molar-refractivity contribution is -0.149. The van der Waals surface area contributed by atoms with Crippen molar-refractivity contribution in [1.82, 2.24) is 14.6 Å². The van der Waals surface area contributed by atoms with Gasteiger partial charge in [-0.15, -0.1) is 0 Å². The largest absolute Gasteiger partial charge is 0.462 e. The second kappa shape index (κ2) is 12.0. The molecule has 0 bridgehead atoms. The number of hydrogen-bond acceptors (Lipinski definition) is 11. The summed E-state index contributed by atoms with van der Waals surface area (Å²) in [6, 6.07) is 8.16. The molecule has 1 aliphatic heterocycles. The molecule has 2 heterocycles. The molecule has 1 aliphatic rings. The molecule has 0 aliphatic carbocycles. The van der Waals surface area contributed by atoms with Gasteiger partial charge in [-0.25, -0.2) is 9.36 Å². The minimum absolute atomic E-state index is 0.105. The molecule has 6 atom stereocenters. The number of aryl methyl sites for hydroxylation is 1. The van der Waals surface area contributed by atoms with Crippen LogP contribution in [0.4, 0.5) is 0 Å². The van der Waals surface area contributed by atoms with Crippen molar-refractivity contribution in [3.8, 4) is 5.75 Å². The van der Waals surface area contributed by atoms with Gasteiger partial charge >= 0.3 is 19.4 Å². The van der Waals surface area contributed by atoms with Crippen LogP contribution in [0.1, 0.15) is 32.7 Å². The molecule has 3 rings (SSSR count). The first-order valence-electron chi connectivity index (χ1n) is 11.5. The first-order chi connectivity index (χ1) is 17.9. The Labute approximate surface area is 217 Å². The lowest BCUT2D eigenvalue weighted by Crippen LogP contribution is -2.45. The van der Waals surface area contributed by atoms with Gasteiger partial charge < -0.3 is 24.2 Å². The molecule has 2 unspecified atom stereocenters. The van der Waals surface area contributed by atoms with Gasteiger partial charge in [-0.3, -0.25) is 13.9 Å². The fourth-order valence-corrected chi connectivity index (χ4v) is 5.02. The molecule has 0 radical (unpaired) electrons. The molecule has 1 saturated heterocycles. The zero-order chi connectivity index (χ0) is 28.1. The minimum Gasteiger partial charge on any atom is -0.462 e. The van der Waals surface area contributed by atoms with Crippen molar-refractivity contribution in [1.29, 1.82) is 0 Å². The second-order valence-corrected chi connectivity index (χ2v) is 10.4. The van der Waals surface area contributed by atoms with Crippen molar-refractivity contribution in [3.05, 3.63) is 69.2 Å². The number of nitrogens with zero attached hydrogens (tertiary/aromatic N) is 5. The lowest BCUT2D eigenvalue weighted by atomic mass is 10.1. The van der Waals surface area contributed by atoms with Gasteiger partial charge in [0.15, 0.2) is 6.23 Å². The van der Waals surface area contributed by atoms with Gasteiger partial charge in [-0.2, -0.15) is 10.1 Å². The molecule has 2 aromatic rings. The van der Waals surface area contributed by atoms with E-state index >= 15 is 0 Å². The van der Waals surface area contributed by atoms with E-state index in [9.17, 15) is 29.9 Å². The molecule has 0 spiro atoms. The molecule has 3 N–H and O–H groups in total. The number of aliphatic hydroxyl groups is 2. The molecule has 0 amide bonds. The summed E-state index contributed by atoms with van der Waals surface area (Å²) in [6.07, 6.45) is -4.39. The Morgan fingerprint density at radius 1 is 1.32 bits per heavy atom. The van der Waals surface area contributed by atoms with Crippen LogP contribution >= 0.6 is 7.75 Å². The third-order valence-electron chi connectivity index (χ3n) is 5.33. The molecule has 38 heavy (non-hydrogen) atoms. The number of rotatable bonds is 11. The molecule has 15 nitrogen and oxygen atoms in total. The van der Waals surface area contributed by atoms with Crippen LogP contribution in [0.5, 0.6) is 5.75 Å². The number of carbonyl (C=O) groups excluding carboxylic acids is 1. The van der Waals surface area contributed by atoms with Gasteiger partial charge in [0.1, 0.15) is 24.0 Å². The van der Waals surface area contributed by atoms with Crippen molar-refractivity contribution in [2.45, 2.75) is 64.0 Å². The predicted molar refractivity (Wildman–Crippen MR) is 132 cm³/mol. The van der Waals surface area contributed by atoms with Crippen LogP contribution in [0, 0.1) is 6.92 Å². The van der Waals surface area contributed by atoms with E-state index < -0.39 is 62.3 Å². The Bertz CT molecular complexity index is 1290. The number of aromatic nitrogens is 2. The van der Waals surface area contributed by atoms with Crippen molar-refractivity contribution in [2.24, 2.45) is 5.11 Å². The summed E-state index contributed by atoms with van der Waals surface area (Å²) >= 11 is 0. The summed E-state index contributed by atoms with van der Waals surface area (Å²) in [5.41, 5.74) is 6.44. The molecule has 16 heteroatoms. The van der Waals surface area contributed by atoms with E-state index in [4.69, 9.17) is 18.5 Å². The van der Waals surface area contributed by atoms with E-state index in [0.29, 0.717) is 5.69 Å². The Morgan fingerprint density at radius 2 is 2.00 bits per heavy atom. The topological polar surface area (TPSA) is 207 Å². The lowest BCUT2D eigenvalue weighted by Gasteiger charge is -2.29. The summed E-state index contributed by atoms with van der Waals surface area (Å²) < 4.78 is 36.5. The smallest absolute Gasteiger partial charge is 0.459 e. The maximum absolute atomic E-state index is 13.8. The fourth-order valence-electron chi connectivity index (χ4n) is 3.50. The van der Waals surface area contributed by atoms with E-state index in [1.165, 1.54) is 31.3 Å². The molecule has 1 aromatic heterocycles. The van der Waals surface area contributed by atoms with E-state index in [1.807, 2.05) is 0 Å². The Hall–Kier alpha value is -3.29. The van der Waals surface area contributed by atoms with Crippen molar-refractivity contribution < 1.29 is 38.1 Å². The summed E-state index contributed by atoms with van der Waals surface area (Å²) in [5, 5.41) is 27.4. The number of ether oxygens (including phenoxy) is 2. The standard InChI is InChI=1S/C22H29N6O9P/c1-13(2)35-20(31)15(4)25-38(33,37-16-8-6-5-7-9-16)34-12-22(26-27-23)18(30)17(29)19(36-22)28-11-10-14(3)24-21(28)32/h5-11,13,15,17-19,29-30H,12H2,1-4H3,(H,25,33)/t15?,17-,18+,19-,22-,38?/m1/s1. The summed E-state index contributed by atoms with van der Waals surface area (Å²) in [4.78, 5) is 31.1. The SMILES string of the molecule is Cc1ccn([C@@H]2O[C@@](COP(=O)(NC(C)C(=O)OC(C)C)Oc3ccccc3)(N=[N+]=[N-])[C@@H](O)[C@H]2O)c(=O)n1. The zero-order valence-electron chi connectivity index (χ0n) is 21.1. The maximum atomic E-state index is 13.8. The molecule has 1 fully saturated rings. The van der Waals surface area contributed by atoms with Crippen LogP contribution in [0.25, 0.3) is 10.4 Å². The quantitative estimate of drug-likeness (QED) is 0.121. The number of aliphatic hydroxyl groups excluding tert-OH is 2. The Kier molecular flexibility index (Phi) is 9.28. The highest BCUT2D eigenvalue weighted by atomic mass is 31.2. The monoisotopic (exact) mass is 552 g/mol. The van der Waals surface area contributed by atoms with Crippen molar-refractivity contribution in [3.63, 3.8) is 0 Å². The van der Waals surface area contributed by atoms with Crippen molar-refractivity contribution in [2.75, 3.05) is 6.61 Å². The zero-order valence-corrected chi connectivity index (χ0v) is 22.0. The van der Waals surface area contributed by atoms with Gasteiger partial charge in [0.2, 0.25) is 5.72 Å². The molecule has 1 aromatic carbocycles. The molecule has 0 saturated carbocycles. The van der Waals surface area contributed by atoms with Crippen LogP contribution in [0.3, 0.4) is 0 Å². The van der Waals surface area contributed by atoms with Crippen LogP contribution in [-0.4, -0.2) is 62.4 Å². The van der Waals surface area contributed by atoms with Gasteiger partial charge in [0, 0.05) is 16.8 Å².